The first-order valence-electron chi connectivity index (χ1n) is 19.7. The highest BCUT2D eigenvalue weighted by Gasteiger charge is 2.24. The lowest BCUT2D eigenvalue weighted by Gasteiger charge is -2.25. The van der Waals surface area contributed by atoms with Gasteiger partial charge in [-0.05, 0) is 36.4 Å². The molecule has 0 saturated carbocycles. The maximum Gasteiger partial charge on any atom is 0.299 e. The van der Waals surface area contributed by atoms with E-state index in [1.807, 2.05) is 36.4 Å². The van der Waals surface area contributed by atoms with Crippen molar-refractivity contribution in [1.82, 2.24) is 9.38 Å². The summed E-state index contributed by atoms with van der Waals surface area (Å²) in [5.41, 5.74) is 1.82. The summed E-state index contributed by atoms with van der Waals surface area (Å²) in [6.07, 6.45) is 25.4. The Labute approximate surface area is 306 Å². The second-order valence-electron chi connectivity index (χ2n) is 14.3. The highest BCUT2D eigenvalue weighted by atomic mass is 79.9. The van der Waals surface area contributed by atoms with Crippen LogP contribution in [-0.4, -0.2) is 27.4 Å². The van der Waals surface area contributed by atoms with Crippen molar-refractivity contribution in [2.24, 2.45) is 0 Å². The van der Waals surface area contributed by atoms with Crippen LogP contribution in [0.5, 0.6) is 0 Å². The third-order valence-corrected chi connectivity index (χ3v) is 11.2. The molecule has 0 radical (unpaired) electrons. The van der Waals surface area contributed by atoms with Gasteiger partial charge in [-0.25, -0.2) is 4.98 Å². The third kappa shape index (κ3) is 9.34. The summed E-state index contributed by atoms with van der Waals surface area (Å²) in [6, 6.07) is 13.3. The topological polar surface area (TPSA) is 80.8 Å². The molecule has 5 aromatic rings. The Hall–Kier alpha value is -3.26. The van der Waals surface area contributed by atoms with Gasteiger partial charge in [-0.2, -0.15) is 0 Å². The molecule has 0 fully saturated rings. The lowest BCUT2D eigenvalue weighted by Crippen LogP contribution is -2.26. The molecule has 0 aliphatic rings. The number of benzene rings is 3. The van der Waals surface area contributed by atoms with Crippen LogP contribution in [0.3, 0.4) is 0 Å². The first-order chi connectivity index (χ1) is 24.5. The summed E-state index contributed by atoms with van der Waals surface area (Å²) in [6.45, 7) is 6.22. The number of hydrogen-bond donors (Lipinski definition) is 0. The van der Waals surface area contributed by atoms with Crippen LogP contribution in [0.25, 0.3) is 38.2 Å². The summed E-state index contributed by atoms with van der Waals surface area (Å²) in [5, 5.41) is 15.7. The van der Waals surface area contributed by atoms with Crippen LogP contribution in [0.15, 0.2) is 51.7 Å². The first kappa shape index (κ1) is 38.0. The highest BCUT2D eigenvalue weighted by molar-refractivity contribution is 9.10. The largest absolute Gasteiger partial charge is 0.371 e. The Balaban J connectivity index is 1.37. The summed E-state index contributed by atoms with van der Waals surface area (Å²) in [4.78, 5) is 33.5. The number of fused-ring (bicyclic) bond motifs is 4. The molecule has 0 spiro atoms. The number of imidazole rings is 1. The van der Waals surface area contributed by atoms with Crippen molar-refractivity contribution in [1.29, 1.82) is 0 Å². The zero-order valence-electron chi connectivity index (χ0n) is 30.5. The SMILES string of the molecule is CCCCCCCCCCCCN(CCCCCCCCCCCC)c1cc([N+](=O)[O-])c2nc3c4cccc5c(Br)ccc(c(=O)n3c2c1)c54. The van der Waals surface area contributed by atoms with E-state index in [1.165, 1.54) is 103 Å². The van der Waals surface area contributed by atoms with Gasteiger partial charge in [0.2, 0.25) is 0 Å². The second-order valence-corrected chi connectivity index (χ2v) is 15.2. The Morgan fingerprint density at radius 2 is 1.22 bits per heavy atom. The second kappa shape index (κ2) is 19.4. The van der Waals surface area contributed by atoms with E-state index in [0.29, 0.717) is 16.6 Å². The summed E-state index contributed by atoms with van der Waals surface area (Å²) < 4.78 is 2.51. The predicted molar refractivity (Wildman–Crippen MR) is 215 cm³/mol. The van der Waals surface area contributed by atoms with Crippen molar-refractivity contribution in [3.63, 3.8) is 0 Å². The minimum atomic E-state index is -0.334. The number of hydrogen-bond acceptors (Lipinski definition) is 5. The van der Waals surface area contributed by atoms with E-state index in [4.69, 9.17) is 4.98 Å². The number of anilines is 1. The van der Waals surface area contributed by atoms with Gasteiger partial charge in [0.1, 0.15) is 5.65 Å². The molecule has 0 unspecified atom stereocenters. The quantitative estimate of drug-likeness (QED) is 0.0357. The van der Waals surface area contributed by atoms with Gasteiger partial charge in [0.15, 0.2) is 5.52 Å². The average molecular weight is 746 g/mol. The fourth-order valence-electron chi connectivity index (χ4n) is 7.66. The van der Waals surface area contributed by atoms with Crippen molar-refractivity contribution < 1.29 is 4.92 Å². The van der Waals surface area contributed by atoms with E-state index in [-0.39, 0.29) is 21.7 Å². The van der Waals surface area contributed by atoms with Crippen LogP contribution >= 0.6 is 15.9 Å². The lowest BCUT2D eigenvalue weighted by atomic mass is 10.0. The number of nitro groups is 1. The standard InChI is InChI=1S/C42H57BrN4O3/c1-3-5-7-9-11-13-15-17-19-21-28-45(29-22-20-18-16-14-12-10-8-6-4-2)32-30-37-40(38(31-32)47(49)50)44-41-34-25-23-24-33-36(43)27-26-35(39(33)34)42(48)46(37)41/h23-27,30-31H,3-22,28-29H2,1-2H3. The van der Waals surface area contributed by atoms with Crippen molar-refractivity contribution >= 4 is 65.5 Å². The Kier molecular flexibility index (Phi) is 14.7. The van der Waals surface area contributed by atoms with E-state index in [9.17, 15) is 14.9 Å². The van der Waals surface area contributed by atoms with Gasteiger partial charge in [0.05, 0.1) is 10.4 Å². The van der Waals surface area contributed by atoms with Crippen LogP contribution in [-0.2, 0) is 0 Å². The number of pyridine rings is 1. The molecule has 3 aromatic carbocycles. The molecule has 0 bridgehead atoms. The van der Waals surface area contributed by atoms with Crippen LogP contribution < -0.4 is 10.5 Å². The van der Waals surface area contributed by atoms with Gasteiger partial charge in [0, 0.05) is 45.5 Å². The Bertz CT molecular complexity index is 1860. The molecular weight excluding hydrogens is 688 g/mol. The van der Waals surface area contributed by atoms with E-state index < -0.39 is 0 Å². The van der Waals surface area contributed by atoms with Crippen molar-refractivity contribution in [3.05, 3.63) is 67.4 Å². The monoisotopic (exact) mass is 744 g/mol. The first-order valence-corrected chi connectivity index (χ1v) is 20.5. The maximum absolute atomic E-state index is 14.1. The average Bonchev–Trinajstić information content (AvgIpc) is 3.51. The number of unbranched alkanes of at least 4 members (excludes halogenated alkanes) is 18. The van der Waals surface area contributed by atoms with Crippen LogP contribution in [0.2, 0.25) is 0 Å². The van der Waals surface area contributed by atoms with E-state index in [1.54, 1.807) is 10.5 Å². The van der Waals surface area contributed by atoms with Crippen molar-refractivity contribution in [3.8, 4) is 0 Å². The van der Waals surface area contributed by atoms with E-state index >= 15 is 0 Å². The fourth-order valence-corrected chi connectivity index (χ4v) is 8.12. The minimum Gasteiger partial charge on any atom is -0.371 e. The summed E-state index contributed by atoms with van der Waals surface area (Å²) in [5.74, 6) is 0. The molecule has 270 valence electrons. The minimum absolute atomic E-state index is 0.0410. The molecule has 0 saturated heterocycles. The number of nitro benzene ring substituents is 1. The summed E-state index contributed by atoms with van der Waals surface area (Å²) in [7, 11) is 0. The molecule has 7 nitrogen and oxygen atoms in total. The Morgan fingerprint density at radius 3 is 1.76 bits per heavy atom. The molecule has 2 aromatic heterocycles. The molecule has 50 heavy (non-hydrogen) atoms. The lowest BCUT2D eigenvalue weighted by molar-refractivity contribution is -0.383. The predicted octanol–water partition coefficient (Wildman–Crippen LogP) is 12.9. The zero-order valence-corrected chi connectivity index (χ0v) is 32.1. The van der Waals surface area contributed by atoms with Gasteiger partial charge < -0.3 is 4.90 Å². The van der Waals surface area contributed by atoms with Crippen LogP contribution in [0, 0.1) is 10.1 Å². The number of rotatable bonds is 24. The molecule has 0 aliphatic heterocycles. The van der Waals surface area contributed by atoms with Gasteiger partial charge >= 0.3 is 0 Å². The normalized spacial score (nSPS) is 11.9. The van der Waals surface area contributed by atoms with E-state index in [2.05, 4.69) is 34.7 Å². The van der Waals surface area contributed by atoms with Gasteiger partial charge in [-0.3, -0.25) is 19.3 Å². The molecule has 8 heteroatoms. The van der Waals surface area contributed by atoms with Gasteiger partial charge in [-0.15, -0.1) is 0 Å². The molecule has 0 atom stereocenters. The van der Waals surface area contributed by atoms with Crippen molar-refractivity contribution in [2.45, 2.75) is 142 Å². The van der Waals surface area contributed by atoms with Gasteiger partial charge in [-0.1, -0.05) is 164 Å². The molecule has 0 N–H and O–H groups in total. The molecular formula is C42H57BrN4O3. The number of non-ortho nitro benzene ring substituents is 1. The number of aromatic nitrogens is 2. The van der Waals surface area contributed by atoms with Crippen LogP contribution in [0.4, 0.5) is 11.4 Å². The summed E-state index contributed by atoms with van der Waals surface area (Å²) >= 11 is 3.63. The highest BCUT2D eigenvalue weighted by Crippen LogP contribution is 2.37. The molecule has 2 heterocycles. The van der Waals surface area contributed by atoms with Crippen molar-refractivity contribution in [2.75, 3.05) is 18.0 Å². The number of halogens is 1. The molecule has 0 aliphatic carbocycles. The number of nitrogens with zero attached hydrogens (tertiary/aromatic N) is 4. The van der Waals surface area contributed by atoms with Gasteiger partial charge in [0.25, 0.3) is 11.2 Å². The fraction of sp³-hybridized carbons (Fsp3) is 0.571. The van der Waals surface area contributed by atoms with E-state index in [0.717, 1.165) is 65.1 Å². The van der Waals surface area contributed by atoms with Crippen LogP contribution in [0.1, 0.15) is 142 Å². The Morgan fingerprint density at radius 1 is 0.700 bits per heavy atom. The third-order valence-electron chi connectivity index (χ3n) is 10.5. The molecule has 5 rings (SSSR count). The maximum atomic E-state index is 14.1. The zero-order chi connectivity index (χ0) is 35.3. The molecule has 0 amide bonds. The smallest absolute Gasteiger partial charge is 0.299 e.